The largest absolute Gasteiger partial charge is 0.354 e. The molecule has 114 valence electrons. The van der Waals surface area contributed by atoms with Gasteiger partial charge in [0.1, 0.15) is 6.54 Å². The summed E-state index contributed by atoms with van der Waals surface area (Å²) in [5.74, 6) is 0.830. The first-order valence-electron chi connectivity index (χ1n) is 6.73. The molecule has 2 heterocycles. The maximum absolute atomic E-state index is 12.0. The molecule has 0 aliphatic carbocycles. The highest BCUT2D eigenvalue weighted by Gasteiger charge is 2.26. The van der Waals surface area contributed by atoms with Gasteiger partial charge in [-0.1, -0.05) is 12.1 Å². The van der Waals surface area contributed by atoms with Gasteiger partial charge in [0.05, 0.1) is 11.4 Å². The number of amides is 2. The molecule has 7 heteroatoms. The van der Waals surface area contributed by atoms with Gasteiger partial charge in [-0.05, 0) is 12.1 Å². The first kappa shape index (κ1) is 16.1. The van der Waals surface area contributed by atoms with Crippen molar-refractivity contribution >= 4 is 41.7 Å². The van der Waals surface area contributed by atoms with E-state index in [2.05, 4.69) is 10.6 Å². The Bertz CT molecular complexity index is 537. The van der Waals surface area contributed by atoms with E-state index in [9.17, 15) is 9.59 Å². The number of thioether (sulfide) groups is 1. The Balaban J connectivity index is 0.00000161. The van der Waals surface area contributed by atoms with Crippen molar-refractivity contribution in [2.24, 2.45) is 5.92 Å². The van der Waals surface area contributed by atoms with E-state index in [1.54, 1.807) is 4.90 Å². The Morgan fingerprint density at radius 3 is 2.86 bits per heavy atom. The molecule has 0 bridgehead atoms. The lowest BCUT2D eigenvalue weighted by Crippen LogP contribution is -2.50. The predicted octanol–water partition coefficient (Wildman–Crippen LogP) is 0.883. The third-order valence-corrected chi connectivity index (χ3v) is 4.61. The Labute approximate surface area is 134 Å². The molecule has 1 saturated heterocycles. The minimum absolute atomic E-state index is 0. The first-order valence-corrected chi connectivity index (χ1v) is 7.72. The second kappa shape index (κ2) is 7.15. The van der Waals surface area contributed by atoms with Crippen LogP contribution in [-0.4, -0.2) is 43.7 Å². The zero-order chi connectivity index (χ0) is 13.9. The zero-order valence-electron chi connectivity index (χ0n) is 11.5. The quantitative estimate of drug-likeness (QED) is 0.862. The third-order valence-electron chi connectivity index (χ3n) is 3.56. The lowest BCUT2D eigenvalue weighted by Gasteiger charge is -2.30. The van der Waals surface area contributed by atoms with Crippen molar-refractivity contribution in [1.29, 1.82) is 0 Å². The lowest BCUT2D eigenvalue weighted by atomic mass is 10.0. The van der Waals surface area contributed by atoms with E-state index in [0.717, 1.165) is 23.7 Å². The molecule has 0 saturated carbocycles. The summed E-state index contributed by atoms with van der Waals surface area (Å²) in [5.41, 5.74) is 0.842. The van der Waals surface area contributed by atoms with Gasteiger partial charge in [0.25, 0.3) is 0 Å². The molecule has 2 amide bonds. The van der Waals surface area contributed by atoms with Gasteiger partial charge in [-0.25, -0.2) is 0 Å². The molecule has 0 radical (unpaired) electrons. The highest BCUT2D eigenvalue weighted by Crippen LogP contribution is 2.34. The SMILES string of the molecule is Cl.O=C(CN1C(=O)CSc2ccccc21)NCC1CNC1. The number of para-hydroxylation sites is 1. The summed E-state index contributed by atoms with van der Waals surface area (Å²) in [7, 11) is 0. The first-order chi connectivity index (χ1) is 9.74. The normalized spacial score (nSPS) is 17.5. The number of nitrogens with one attached hydrogen (secondary N) is 2. The maximum Gasteiger partial charge on any atom is 0.240 e. The van der Waals surface area contributed by atoms with Crippen LogP contribution in [0.25, 0.3) is 0 Å². The average molecular weight is 328 g/mol. The van der Waals surface area contributed by atoms with E-state index in [1.165, 1.54) is 11.8 Å². The second-order valence-electron chi connectivity index (χ2n) is 5.06. The molecular formula is C14H18ClN3O2S. The number of carbonyl (C=O) groups excluding carboxylic acids is 2. The van der Waals surface area contributed by atoms with Crippen LogP contribution in [0.15, 0.2) is 29.2 Å². The summed E-state index contributed by atoms with van der Waals surface area (Å²) in [5, 5.41) is 6.07. The van der Waals surface area contributed by atoms with Gasteiger partial charge >= 0.3 is 0 Å². The van der Waals surface area contributed by atoms with Crippen LogP contribution < -0.4 is 15.5 Å². The standard InChI is InChI=1S/C14H17N3O2S.ClH/c18-13(16-7-10-5-15-6-10)8-17-11-3-1-2-4-12(11)20-9-14(17)19;/h1-4,10,15H,5-9H2,(H,16,18);1H. The van der Waals surface area contributed by atoms with Gasteiger partial charge in [-0.2, -0.15) is 0 Å². The molecule has 0 unspecified atom stereocenters. The van der Waals surface area contributed by atoms with Gasteiger partial charge in [-0.15, -0.1) is 24.2 Å². The Morgan fingerprint density at radius 2 is 2.14 bits per heavy atom. The molecule has 2 aliphatic heterocycles. The smallest absolute Gasteiger partial charge is 0.240 e. The molecule has 0 spiro atoms. The van der Waals surface area contributed by atoms with E-state index in [1.807, 2.05) is 24.3 Å². The van der Waals surface area contributed by atoms with Crippen molar-refractivity contribution in [2.75, 3.05) is 36.8 Å². The van der Waals surface area contributed by atoms with Crippen LogP contribution >= 0.6 is 24.2 Å². The van der Waals surface area contributed by atoms with Crippen molar-refractivity contribution in [3.63, 3.8) is 0 Å². The van der Waals surface area contributed by atoms with Gasteiger partial charge in [0, 0.05) is 30.4 Å². The Hall–Kier alpha value is -1.24. The summed E-state index contributed by atoms with van der Waals surface area (Å²) in [6.07, 6.45) is 0. The molecule has 2 N–H and O–H groups in total. The van der Waals surface area contributed by atoms with Crippen molar-refractivity contribution < 1.29 is 9.59 Å². The third kappa shape index (κ3) is 3.70. The topological polar surface area (TPSA) is 61.4 Å². The van der Waals surface area contributed by atoms with E-state index < -0.39 is 0 Å². The fourth-order valence-electron chi connectivity index (χ4n) is 2.28. The molecule has 1 fully saturated rings. The Morgan fingerprint density at radius 1 is 1.38 bits per heavy atom. The van der Waals surface area contributed by atoms with Crippen LogP contribution in [0.5, 0.6) is 0 Å². The van der Waals surface area contributed by atoms with Gasteiger partial charge < -0.3 is 15.5 Å². The number of nitrogens with zero attached hydrogens (tertiary/aromatic N) is 1. The highest BCUT2D eigenvalue weighted by molar-refractivity contribution is 8.00. The van der Waals surface area contributed by atoms with Crippen LogP contribution in [0.4, 0.5) is 5.69 Å². The fourth-order valence-corrected chi connectivity index (χ4v) is 3.21. The van der Waals surface area contributed by atoms with E-state index in [0.29, 0.717) is 18.2 Å². The lowest BCUT2D eigenvalue weighted by molar-refractivity contribution is -0.123. The number of carbonyl (C=O) groups is 2. The van der Waals surface area contributed by atoms with Crippen LogP contribution in [0, 0.1) is 5.92 Å². The molecule has 2 aliphatic rings. The molecule has 0 atom stereocenters. The van der Waals surface area contributed by atoms with Crippen molar-refractivity contribution in [3.8, 4) is 0 Å². The predicted molar refractivity (Wildman–Crippen MR) is 86.1 cm³/mol. The van der Waals surface area contributed by atoms with Crippen LogP contribution in [0.2, 0.25) is 0 Å². The zero-order valence-corrected chi connectivity index (χ0v) is 13.1. The number of benzene rings is 1. The van der Waals surface area contributed by atoms with Gasteiger partial charge in [0.2, 0.25) is 11.8 Å². The van der Waals surface area contributed by atoms with Gasteiger partial charge in [-0.3, -0.25) is 9.59 Å². The summed E-state index contributed by atoms with van der Waals surface area (Å²) < 4.78 is 0. The van der Waals surface area contributed by atoms with E-state index >= 15 is 0 Å². The molecule has 21 heavy (non-hydrogen) atoms. The average Bonchev–Trinajstić information content (AvgIpc) is 2.40. The van der Waals surface area contributed by atoms with Crippen LogP contribution in [0.1, 0.15) is 0 Å². The molecule has 5 nitrogen and oxygen atoms in total. The summed E-state index contributed by atoms with van der Waals surface area (Å²) in [4.78, 5) is 26.6. The molecule has 1 aromatic rings. The molecule has 1 aromatic carbocycles. The van der Waals surface area contributed by atoms with Crippen molar-refractivity contribution in [3.05, 3.63) is 24.3 Å². The number of hydrogen-bond acceptors (Lipinski definition) is 4. The number of hydrogen-bond donors (Lipinski definition) is 2. The maximum atomic E-state index is 12.0. The van der Waals surface area contributed by atoms with Crippen LogP contribution in [0.3, 0.4) is 0 Å². The summed E-state index contributed by atoms with van der Waals surface area (Å²) in [6, 6.07) is 7.71. The molecule has 3 rings (SSSR count). The summed E-state index contributed by atoms with van der Waals surface area (Å²) in [6.45, 7) is 2.71. The minimum Gasteiger partial charge on any atom is -0.354 e. The van der Waals surface area contributed by atoms with Gasteiger partial charge in [0.15, 0.2) is 0 Å². The number of fused-ring (bicyclic) bond motifs is 1. The second-order valence-corrected chi connectivity index (χ2v) is 6.08. The summed E-state index contributed by atoms with van der Waals surface area (Å²) >= 11 is 1.53. The van der Waals surface area contributed by atoms with Crippen molar-refractivity contribution in [1.82, 2.24) is 10.6 Å². The van der Waals surface area contributed by atoms with E-state index in [-0.39, 0.29) is 30.8 Å². The fraction of sp³-hybridized carbons (Fsp3) is 0.429. The molecular weight excluding hydrogens is 310 g/mol. The number of halogens is 1. The number of rotatable bonds is 4. The highest BCUT2D eigenvalue weighted by atomic mass is 35.5. The minimum atomic E-state index is -0.0908. The van der Waals surface area contributed by atoms with E-state index in [4.69, 9.17) is 0 Å². The Kier molecular flexibility index (Phi) is 5.50. The van der Waals surface area contributed by atoms with Crippen molar-refractivity contribution in [2.45, 2.75) is 4.90 Å². The molecule has 0 aromatic heterocycles. The van der Waals surface area contributed by atoms with Crippen LogP contribution in [-0.2, 0) is 9.59 Å². The monoisotopic (exact) mass is 327 g/mol. The number of anilines is 1.